The zero-order chi connectivity index (χ0) is 13.5. The molecule has 0 spiro atoms. The molecular formula is C15H20N2O2. The average molecular weight is 260 g/mol. The van der Waals surface area contributed by atoms with Crippen molar-refractivity contribution in [3.8, 4) is 0 Å². The molecule has 0 heterocycles. The number of hydrogen-bond donors (Lipinski definition) is 1. The Kier molecular flexibility index (Phi) is 4.95. The normalized spacial score (nSPS) is 21.1. The first-order chi connectivity index (χ1) is 9.31. The lowest BCUT2D eigenvalue weighted by Crippen LogP contribution is -2.25. The number of hydrazone groups is 1. The van der Waals surface area contributed by atoms with Crippen LogP contribution in [0.5, 0.6) is 0 Å². The van der Waals surface area contributed by atoms with E-state index in [2.05, 4.69) is 22.7 Å². The number of carbonyl (C=O) groups excluding carboxylic acids is 1. The molecule has 0 bridgehead atoms. The van der Waals surface area contributed by atoms with Crippen LogP contribution < -0.4 is 5.43 Å². The molecule has 1 fully saturated rings. The zero-order valence-electron chi connectivity index (χ0n) is 11.3. The van der Waals surface area contributed by atoms with E-state index in [1.165, 1.54) is 12.0 Å². The van der Waals surface area contributed by atoms with Crippen molar-refractivity contribution in [1.29, 1.82) is 0 Å². The molecule has 0 aliphatic heterocycles. The fourth-order valence-corrected chi connectivity index (χ4v) is 2.45. The van der Waals surface area contributed by atoms with E-state index in [4.69, 9.17) is 4.74 Å². The van der Waals surface area contributed by atoms with Crippen molar-refractivity contribution in [1.82, 2.24) is 5.43 Å². The lowest BCUT2D eigenvalue weighted by molar-refractivity contribution is 0.152. The second kappa shape index (κ2) is 6.92. The molecular weight excluding hydrogens is 240 g/mol. The van der Waals surface area contributed by atoms with Gasteiger partial charge in [0, 0.05) is 11.6 Å². The summed E-state index contributed by atoms with van der Waals surface area (Å²) in [4.78, 5) is 11.3. The van der Waals surface area contributed by atoms with Crippen molar-refractivity contribution in [2.24, 2.45) is 5.10 Å². The maximum atomic E-state index is 11.3. The second-order valence-electron chi connectivity index (χ2n) is 4.64. The molecule has 1 aliphatic carbocycles. The summed E-state index contributed by atoms with van der Waals surface area (Å²) in [5.41, 5.74) is 4.80. The highest BCUT2D eigenvalue weighted by molar-refractivity contribution is 5.92. The van der Waals surface area contributed by atoms with Crippen molar-refractivity contribution >= 4 is 11.8 Å². The first-order valence-corrected chi connectivity index (χ1v) is 6.85. The molecule has 2 rings (SSSR count). The Bertz CT molecular complexity index is 443. The van der Waals surface area contributed by atoms with Crippen LogP contribution in [0.2, 0.25) is 0 Å². The van der Waals surface area contributed by atoms with Crippen LogP contribution in [0.4, 0.5) is 4.79 Å². The van der Waals surface area contributed by atoms with E-state index in [0.29, 0.717) is 12.5 Å². The lowest BCUT2D eigenvalue weighted by Gasteiger charge is -2.24. The summed E-state index contributed by atoms with van der Waals surface area (Å²) in [5, 5.41) is 4.25. The number of nitrogens with zero attached hydrogens (tertiary/aromatic N) is 1. The van der Waals surface area contributed by atoms with Crippen LogP contribution in [-0.2, 0) is 4.74 Å². The minimum Gasteiger partial charge on any atom is -0.449 e. The van der Waals surface area contributed by atoms with Gasteiger partial charge in [-0.2, -0.15) is 5.10 Å². The molecule has 0 radical (unpaired) electrons. The standard InChI is InChI=1S/C15H20N2O2/c1-2-19-15(18)17-16-14-11-7-6-10-13(14)12-8-4-3-5-9-12/h3-5,8-9,13H,2,6-7,10-11H2,1H3,(H,17,18)/b16-14-/t13-/m1/s1. The molecule has 102 valence electrons. The fraction of sp³-hybridized carbons (Fsp3) is 0.467. The molecule has 1 aromatic rings. The molecule has 4 nitrogen and oxygen atoms in total. The van der Waals surface area contributed by atoms with Gasteiger partial charge in [-0.25, -0.2) is 10.2 Å². The fourth-order valence-electron chi connectivity index (χ4n) is 2.45. The lowest BCUT2D eigenvalue weighted by atomic mass is 9.82. The summed E-state index contributed by atoms with van der Waals surface area (Å²) in [6.45, 7) is 2.14. The van der Waals surface area contributed by atoms with Crippen molar-refractivity contribution < 1.29 is 9.53 Å². The van der Waals surface area contributed by atoms with Crippen LogP contribution in [0.25, 0.3) is 0 Å². The molecule has 0 unspecified atom stereocenters. The molecule has 4 heteroatoms. The van der Waals surface area contributed by atoms with E-state index in [1.54, 1.807) is 6.92 Å². The monoisotopic (exact) mass is 260 g/mol. The summed E-state index contributed by atoms with van der Waals surface area (Å²) in [6, 6.07) is 10.3. The van der Waals surface area contributed by atoms with Gasteiger partial charge in [0.05, 0.1) is 6.61 Å². The summed E-state index contributed by atoms with van der Waals surface area (Å²) >= 11 is 0. The van der Waals surface area contributed by atoms with Gasteiger partial charge in [-0.15, -0.1) is 0 Å². The molecule has 1 atom stereocenters. The van der Waals surface area contributed by atoms with E-state index in [-0.39, 0.29) is 0 Å². The van der Waals surface area contributed by atoms with Gasteiger partial charge < -0.3 is 4.74 Å². The molecule has 1 aliphatic rings. The summed E-state index contributed by atoms with van der Waals surface area (Å²) < 4.78 is 4.82. The quantitative estimate of drug-likeness (QED) is 0.846. The number of rotatable bonds is 3. The van der Waals surface area contributed by atoms with Crippen LogP contribution in [0, 0.1) is 0 Å². The van der Waals surface area contributed by atoms with Crippen molar-refractivity contribution in [3.63, 3.8) is 0 Å². The Hall–Kier alpha value is -1.84. The Labute approximate surface area is 113 Å². The van der Waals surface area contributed by atoms with Gasteiger partial charge in [-0.05, 0) is 31.7 Å². The maximum Gasteiger partial charge on any atom is 0.427 e. The average Bonchev–Trinajstić information content (AvgIpc) is 2.47. The van der Waals surface area contributed by atoms with Crippen LogP contribution >= 0.6 is 0 Å². The van der Waals surface area contributed by atoms with Crippen LogP contribution in [0.1, 0.15) is 44.1 Å². The SMILES string of the molecule is CCOC(=O)N/N=C1/CCCC[C@@H]1c1ccccc1. The van der Waals surface area contributed by atoms with Crippen molar-refractivity contribution in [2.45, 2.75) is 38.5 Å². The third-order valence-electron chi connectivity index (χ3n) is 3.35. The number of ether oxygens (including phenoxy) is 1. The minimum absolute atomic E-state index is 0.317. The second-order valence-corrected chi connectivity index (χ2v) is 4.64. The van der Waals surface area contributed by atoms with Gasteiger partial charge in [0.25, 0.3) is 0 Å². The van der Waals surface area contributed by atoms with Crippen LogP contribution in [-0.4, -0.2) is 18.4 Å². The van der Waals surface area contributed by atoms with E-state index in [1.807, 2.05) is 18.2 Å². The Morgan fingerprint density at radius 3 is 2.89 bits per heavy atom. The third kappa shape index (κ3) is 3.81. The molecule has 1 amide bonds. The number of carbonyl (C=O) groups is 1. The van der Waals surface area contributed by atoms with Gasteiger partial charge >= 0.3 is 6.09 Å². The van der Waals surface area contributed by atoms with Crippen molar-refractivity contribution in [2.75, 3.05) is 6.61 Å². The third-order valence-corrected chi connectivity index (χ3v) is 3.35. The van der Waals surface area contributed by atoms with E-state index < -0.39 is 6.09 Å². The van der Waals surface area contributed by atoms with Gasteiger partial charge in [-0.3, -0.25) is 0 Å². The van der Waals surface area contributed by atoms with Gasteiger partial charge in [0.15, 0.2) is 0 Å². The van der Waals surface area contributed by atoms with Crippen molar-refractivity contribution in [3.05, 3.63) is 35.9 Å². The molecule has 1 N–H and O–H groups in total. The Morgan fingerprint density at radius 2 is 2.16 bits per heavy atom. The predicted octanol–water partition coefficient (Wildman–Crippen LogP) is 3.45. The predicted molar refractivity (Wildman–Crippen MR) is 75.2 cm³/mol. The highest BCUT2D eigenvalue weighted by atomic mass is 16.5. The molecule has 1 saturated carbocycles. The molecule has 1 aromatic carbocycles. The smallest absolute Gasteiger partial charge is 0.427 e. The maximum absolute atomic E-state index is 11.3. The molecule has 0 saturated heterocycles. The van der Waals surface area contributed by atoms with Gasteiger partial charge in [0.2, 0.25) is 0 Å². The largest absolute Gasteiger partial charge is 0.449 e. The van der Waals surface area contributed by atoms with Crippen LogP contribution in [0.3, 0.4) is 0 Å². The minimum atomic E-state index is -0.479. The zero-order valence-corrected chi connectivity index (χ0v) is 11.3. The molecule has 0 aromatic heterocycles. The van der Waals surface area contributed by atoms with Crippen LogP contribution in [0.15, 0.2) is 35.4 Å². The Balaban J connectivity index is 2.08. The van der Waals surface area contributed by atoms with Gasteiger partial charge in [0.1, 0.15) is 0 Å². The van der Waals surface area contributed by atoms with E-state index in [0.717, 1.165) is 25.0 Å². The Morgan fingerprint density at radius 1 is 1.37 bits per heavy atom. The first-order valence-electron chi connectivity index (χ1n) is 6.85. The molecule has 19 heavy (non-hydrogen) atoms. The van der Waals surface area contributed by atoms with E-state index in [9.17, 15) is 4.79 Å². The number of hydrogen-bond acceptors (Lipinski definition) is 3. The summed E-state index contributed by atoms with van der Waals surface area (Å²) in [6.07, 6.45) is 3.89. The number of benzene rings is 1. The number of amides is 1. The summed E-state index contributed by atoms with van der Waals surface area (Å²) in [5.74, 6) is 0.317. The summed E-state index contributed by atoms with van der Waals surface area (Å²) in [7, 11) is 0. The first kappa shape index (κ1) is 13.6. The van der Waals surface area contributed by atoms with Gasteiger partial charge in [-0.1, -0.05) is 36.8 Å². The highest BCUT2D eigenvalue weighted by Crippen LogP contribution is 2.30. The highest BCUT2D eigenvalue weighted by Gasteiger charge is 2.22. The number of nitrogens with one attached hydrogen (secondary N) is 1. The topological polar surface area (TPSA) is 50.7 Å². The van der Waals surface area contributed by atoms with E-state index >= 15 is 0 Å².